The molecule has 1 saturated carbocycles. The van der Waals surface area contributed by atoms with Crippen LogP contribution in [0, 0.1) is 0 Å². The van der Waals surface area contributed by atoms with E-state index in [-0.39, 0.29) is 0 Å². The van der Waals surface area contributed by atoms with Crippen LogP contribution in [0.25, 0.3) is 0 Å². The molecule has 0 radical (unpaired) electrons. The minimum absolute atomic E-state index is 0.549. The van der Waals surface area contributed by atoms with Crippen LogP contribution in [0.3, 0.4) is 0 Å². The summed E-state index contributed by atoms with van der Waals surface area (Å²) in [5.41, 5.74) is 0. The molecule has 1 aliphatic heterocycles. The number of hydrogen-bond acceptors (Lipinski definition) is 4. The molecule has 2 heterocycles. The summed E-state index contributed by atoms with van der Waals surface area (Å²) in [6, 6.07) is 1.40. The normalized spacial score (nSPS) is 21.1. The fraction of sp³-hybridized carbons (Fsp3) is 0.800. The average Bonchev–Trinajstić information content (AvgIpc) is 3.16. The van der Waals surface area contributed by atoms with Gasteiger partial charge in [0.05, 0.1) is 5.01 Å². The Hall–Kier alpha value is -1.14. The largest absolute Gasteiger partial charge is 0.356 e. The van der Waals surface area contributed by atoms with Crippen LogP contribution >= 0.6 is 11.3 Å². The number of nitrogens with zero attached hydrogens (tertiary/aromatic N) is 3. The lowest BCUT2D eigenvalue weighted by molar-refractivity contribution is 0.119. The summed E-state index contributed by atoms with van der Waals surface area (Å²) < 4.78 is 0. The molecule has 1 saturated heterocycles. The van der Waals surface area contributed by atoms with Gasteiger partial charge in [-0.15, -0.1) is 11.3 Å². The predicted octanol–water partition coefficient (Wildman–Crippen LogP) is 3.21. The molecule has 0 bridgehead atoms. The van der Waals surface area contributed by atoms with Crippen LogP contribution in [0.2, 0.25) is 0 Å². The summed E-state index contributed by atoms with van der Waals surface area (Å²) in [6.07, 6.45) is 13.6. The SMILES string of the molecule is CCc1cnc(CCNC(=NC)NC2CCN(C3CCCCC3)CC2)s1. The number of rotatable bonds is 6. The van der Waals surface area contributed by atoms with E-state index in [1.54, 1.807) is 0 Å². The topological polar surface area (TPSA) is 52.6 Å². The minimum Gasteiger partial charge on any atom is -0.356 e. The number of aliphatic imine (C=N–C) groups is 1. The Labute approximate surface area is 162 Å². The summed E-state index contributed by atoms with van der Waals surface area (Å²) in [5.74, 6) is 0.938. The minimum atomic E-state index is 0.549. The van der Waals surface area contributed by atoms with E-state index < -0.39 is 0 Å². The number of nitrogens with one attached hydrogen (secondary N) is 2. The van der Waals surface area contributed by atoms with Crippen molar-refractivity contribution in [2.75, 3.05) is 26.7 Å². The zero-order valence-corrected chi connectivity index (χ0v) is 17.3. The third-order valence-corrected chi connectivity index (χ3v) is 6.97. The number of piperidine rings is 1. The van der Waals surface area contributed by atoms with Gasteiger partial charge in [0.25, 0.3) is 0 Å². The highest BCUT2D eigenvalue weighted by molar-refractivity contribution is 7.11. The highest BCUT2D eigenvalue weighted by atomic mass is 32.1. The summed E-state index contributed by atoms with van der Waals surface area (Å²) in [7, 11) is 1.87. The molecule has 146 valence electrons. The zero-order chi connectivity index (χ0) is 18.2. The molecule has 0 spiro atoms. The monoisotopic (exact) mass is 377 g/mol. The Morgan fingerprint density at radius 2 is 2.00 bits per heavy atom. The maximum absolute atomic E-state index is 4.49. The molecular formula is C20H35N5S. The number of aryl methyl sites for hydroxylation is 1. The van der Waals surface area contributed by atoms with Crippen molar-refractivity contribution in [1.82, 2.24) is 20.5 Å². The van der Waals surface area contributed by atoms with Crippen LogP contribution in [0.4, 0.5) is 0 Å². The number of aromatic nitrogens is 1. The first-order chi connectivity index (χ1) is 12.8. The molecule has 1 aromatic heterocycles. The standard InChI is InChI=1S/C20H35N5S/c1-3-18-15-23-19(26-18)9-12-22-20(21-2)24-16-10-13-25(14-11-16)17-7-5-4-6-8-17/h15-17H,3-14H2,1-2H3,(H2,21,22,24). The van der Waals surface area contributed by atoms with Crippen LogP contribution < -0.4 is 10.6 Å². The Balaban J connectivity index is 1.36. The summed E-state index contributed by atoms with van der Waals surface area (Å²) >= 11 is 1.82. The molecule has 1 aliphatic carbocycles. The van der Waals surface area contributed by atoms with Gasteiger partial charge in [-0.1, -0.05) is 26.2 Å². The molecule has 26 heavy (non-hydrogen) atoms. The van der Waals surface area contributed by atoms with Gasteiger partial charge in [-0.05, 0) is 32.1 Å². The van der Waals surface area contributed by atoms with Crippen molar-refractivity contribution in [1.29, 1.82) is 0 Å². The van der Waals surface area contributed by atoms with Crippen LogP contribution in [0.1, 0.15) is 61.8 Å². The molecule has 2 N–H and O–H groups in total. The second-order valence-electron chi connectivity index (χ2n) is 7.57. The van der Waals surface area contributed by atoms with Gasteiger partial charge in [-0.3, -0.25) is 4.99 Å². The molecule has 3 rings (SSSR count). The lowest BCUT2D eigenvalue weighted by Gasteiger charge is -2.39. The fourth-order valence-corrected chi connectivity index (χ4v) is 5.02. The van der Waals surface area contributed by atoms with Gasteiger partial charge in [0, 0.05) is 56.3 Å². The average molecular weight is 378 g/mol. The second-order valence-corrected chi connectivity index (χ2v) is 8.77. The molecule has 0 unspecified atom stereocenters. The van der Waals surface area contributed by atoms with Gasteiger partial charge in [-0.2, -0.15) is 0 Å². The number of likely N-dealkylation sites (tertiary alicyclic amines) is 1. The molecule has 2 aliphatic rings. The van der Waals surface area contributed by atoms with E-state index in [9.17, 15) is 0 Å². The summed E-state index contributed by atoms with van der Waals surface area (Å²) in [6.45, 7) is 5.54. The first kappa shape index (κ1) is 19.6. The number of hydrogen-bond donors (Lipinski definition) is 2. The lowest BCUT2D eigenvalue weighted by Crippen LogP contribution is -2.51. The van der Waals surface area contributed by atoms with Gasteiger partial charge in [-0.25, -0.2) is 4.98 Å². The molecule has 1 aromatic rings. The van der Waals surface area contributed by atoms with Gasteiger partial charge in [0.2, 0.25) is 0 Å². The van der Waals surface area contributed by atoms with E-state index in [2.05, 4.69) is 32.4 Å². The van der Waals surface area contributed by atoms with E-state index >= 15 is 0 Å². The fourth-order valence-electron chi connectivity index (χ4n) is 4.16. The van der Waals surface area contributed by atoms with Crippen LogP contribution in [0.15, 0.2) is 11.2 Å². The second kappa shape index (κ2) is 10.3. The van der Waals surface area contributed by atoms with Crippen molar-refractivity contribution in [3.8, 4) is 0 Å². The Bertz CT molecular complexity index is 556. The molecule has 0 atom stereocenters. The van der Waals surface area contributed by atoms with Gasteiger partial charge in [0.1, 0.15) is 0 Å². The van der Waals surface area contributed by atoms with E-state index in [1.807, 2.05) is 24.6 Å². The van der Waals surface area contributed by atoms with Crippen molar-refractivity contribution >= 4 is 17.3 Å². The Morgan fingerprint density at radius 1 is 1.23 bits per heavy atom. The Kier molecular flexibility index (Phi) is 7.74. The highest BCUT2D eigenvalue weighted by Gasteiger charge is 2.26. The third-order valence-electron chi connectivity index (χ3n) is 5.77. The smallest absolute Gasteiger partial charge is 0.191 e. The molecule has 0 amide bonds. The van der Waals surface area contributed by atoms with Gasteiger partial charge in [0.15, 0.2) is 5.96 Å². The first-order valence-electron chi connectivity index (χ1n) is 10.4. The molecule has 2 fully saturated rings. The summed E-state index contributed by atoms with van der Waals surface area (Å²) in [4.78, 5) is 13.0. The van der Waals surface area contributed by atoms with Crippen molar-refractivity contribution in [2.45, 2.75) is 76.8 Å². The van der Waals surface area contributed by atoms with E-state index in [0.29, 0.717) is 6.04 Å². The Morgan fingerprint density at radius 3 is 2.65 bits per heavy atom. The van der Waals surface area contributed by atoms with Crippen LogP contribution in [-0.2, 0) is 12.8 Å². The van der Waals surface area contributed by atoms with Crippen molar-refractivity contribution in [3.63, 3.8) is 0 Å². The maximum atomic E-state index is 4.49. The van der Waals surface area contributed by atoms with Crippen LogP contribution in [0.5, 0.6) is 0 Å². The third kappa shape index (κ3) is 5.68. The van der Waals surface area contributed by atoms with Gasteiger partial charge < -0.3 is 15.5 Å². The first-order valence-corrected chi connectivity index (χ1v) is 11.2. The zero-order valence-electron chi connectivity index (χ0n) is 16.5. The van der Waals surface area contributed by atoms with Crippen molar-refractivity contribution < 1.29 is 0 Å². The summed E-state index contributed by atoms with van der Waals surface area (Å²) in [5, 5.41) is 8.30. The lowest BCUT2D eigenvalue weighted by atomic mass is 9.92. The van der Waals surface area contributed by atoms with Crippen molar-refractivity contribution in [3.05, 3.63) is 16.1 Å². The van der Waals surface area contributed by atoms with Crippen LogP contribution in [-0.4, -0.2) is 54.6 Å². The molecule has 5 nitrogen and oxygen atoms in total. The van der Waals surface area contributed by atoms with Crippen molar-refractivity contribution in [2.24, 2.45) is 4.99 Å². The number of thiazole rings is 1. The van der Waals surface area contributed by atoms with E-state index in [4.69, 9.17) is 0 Å². The number of guanidine groups is 1. The van der Waals surface area contributed by atoms with E-state index in [1.165, 1.54) is 67.9 Å². The van der Waals surface area contributed by atoms with E-state index in [0.717, 1.165) is 31.4 Å². The molecule has 0 aromatic carbocycles. The maximum Gasteiger partial charge on any atom is 0.191 e. The van der Waals surface area contributed by atoms with Gasteiger partial charge >= 0.3 is 0 Å². The molecular weight excluding hydrogens is 342 g/mol. The molecule has 6 heteroatoms. The quantitative estimate of drug-likeness (QED) is 0.590. The highest BCUT2D eigenvalue weighted by Crippen LogP contribution is 2.25. The predicted molar refractivity (Wildman–Crippen MR) is 111 cm³/mol.